The average molecular weight is 354 g/mol. The number of nitrogens with one attached hydrogen (secondary N) is 1. The highest BCUT2D eigenvalue weighted by Crippen LogP contribution is 2.16. The molecule has 1 N–H and O–H groups in total. The van der Waals surface area contributed by atoms with Crippen molar-refractivity contribution < 1.29 is 0 Å². The van der Waals surface area contributed by atoms with Gasteiger partial charge in [-0.25, -0.2) is 0 Å². The van der Waals surface area contributed by atoms with Gasteiger partial charge in [0, 0.05) is 38.4 Å². The van der Waals surface area contributed by atoms with Gasteiger partial charge in [-0.3, -0.25) is 4.90 Å². The summed E-state index contributed by atoms with van der Waals surface area (Å²) >= 11 is 5.62. The lowest BCUT2D eigenvalue weighted by atomic mass is 10.1. The molecule has 2 aromatic carbocycles. The molecule has 1 fully saturated rings. The highest BCUT2D eigenvalue weighted by molar-refractivity contribution is 7.80. The zero-order chi connectivity index (χ0) is 17.8. The van der Waals surface area contributed by atoms with E-state index in [1.54, 1.807) is 0 Å². The van der Waals surface area contributed by atoms with Gasteiger partial charge in [-0.15, -0.1) is 0 Å². The van der Waals surface area contributed by atoms with Gasteiger partial charge in [0.1, 0.15) is 0 Å². The number of anilines is 1. The Labute approximate surface area is 156 Å². The van der Waals surface area contributed by atoms with E-state index >= 15 is 0 Å². The lowest BCUT2D eigenvalue weighted by Crippen LogP contribution is -2.49. The van der Waals surface area contributed by atoms with E-state index in [1.807, 2.05) is 0 Å². The van der Waals surface area contributed by atoms with Gasteiger partial charge in [0.05, 0.1) is 0 Å². The molecule has 3 nitrogen and oxygen atoms in total. The highest BCUT2D eigenvalue weighted by atomic mass is 32.1. The maximum absolute atomic E-state index is 5.62. The van der Waals surface area contributed by atoms with Crippen molar-refractivity contribution in [2.24, 2.45) is 0 Å². The van der Waals surface area contributed by atoms with Crippen LogP contribution in [0.3, 0.4) is 0 Å². The van der Waals surface area contributed by atoms with Crippen LogP contribution < -0.4 is 5.32 Å². The first-order valence-electron chi connectivity index (χ1n) is 8.92. The second-order valence-corrected chi connectivity index (χ2v) is 7.44. The number of aryl methyl sites for hydroxylation is 3. The minimum atomic E-state index is 0.833. The van der Waals surface area contributed by atoms with Crippen LogP contribution in [0.25, 0.3) is 0 Å². The molecule has 0 atom stereocenters. The number of benzene rings is 2. The molecule has 1 saturated heterocycles. The van der Waals surface area contributed by atoms with Crippen LogP contribution in [-0.2, 0) is 6.54 Å². The maximum Gasteiger partial charge on any atom is 0.173 e. The van der Waals surface area contributed by atoms with Crippen molar-refractivity contribution in [3.63, 3.8) is 0 Å². The predicted molar refractivity (Wildman–Crippen MR) is 110 cm³/mol. The number of rotatable bonds is 3. The molecule has 25 heavy (non-hydrogen) atoms. The van der Waals surface area contributed by atoms with E-state index in [1.165, 1.54) is 22.3 Å². The molecule has 0 spiro atoms. The van der Waals surface area contributed by atoms with Gasteiger partial charge in [0.15, 0.2) is 5.11 Å². The summed E-state index contributed by atoms with van der Waals surface area (Å²) in [7, 11) is 0. The Hall–Kier alpha value is -1.91. The van der Waals surface area contributed by atoms with Crippen LogP contribution in [-0.4, -0.2) is 41.1 Å². The second-order valence-electron chi connectivity index (χ2n) is 7.06. The van der Waals surface area contributed by atoms with Crippen LogP contribution in [0.4, 0.5) is 5.69 Å². The quantitative estimate of drug-likeness (QED) is 0.836. The molecule has 2 aromatic rings. The fourth-order valence-electron chi connectivity index (χ4n) is 3.31. The van der Waals surface area contributed by atoms with E-state index < -0.39 is 0 Å². The molecule has 1 heterocycles. The molecular weight excluding hydrogens is 326 g/mol. The Morgan fingerprint density at radius 2 is 1.48 bits per heavy atom. The molecule has 0 unspecified atom stereocenters. The summed E-state index contributed by atoms with van der Waals surface area (Å²) in [6, 6.07) is 15.3. The van der Waals surface area contributed by atoms with Crippen molar-refractivity contribution in [3.8, 4) is 0 Å². The third kappa shape index (κ3) is 5.03. The fraction of sp³-hybridized carbons (Fsp3) is 0.381. The predicted octanol–water partition coefficient (Wildman–Crippen LogP) is 4.13. The van der Waals surface area contributed by atoms with Crippen molar-refractivity contribution in [2.45, 2.75) is 27.3 Å². The molecule has 3 rings (SSSR count). The van der Waals surface area contributed by atoms with E-state index in [0.29, 0.717) is 0 Å². The van der Waals surface area contributed by atoms with Crippen molar-refractivity contribution in [3.05, 3.63) is 64.7 Å². The first-order valence-corrected chi connectivity index (χ1v) is 9.32. The Morgan fingerprint density at radius 1 is 0.880 bits per heavy atom. The third-order valence-corrected chi connectivity index (χ3v) is 5.02. The molecule has 0 amide bonds. The van der Waals surface area contributed by atoms with Crippen LogP contribution in [0.15, 0.2) is 42.5 Å². The largest absolute Gasteiger partial charge is 0.346 e. The van der Waals surface area contributed by atoms with Crippen LogP contribution in [0.2, 0.25) is 0 Å². The summed E-state index contributed by atoms with van der Waals surface area (Å²) in [4.78, 5) is 4.78. The maximum atomic E-state index is 5.62. The highest BCUT2D eigenvalue weighted by Gasteiger charge is 2.19. The van der Waals surface area contributed by atoms with E-state index in [2.05, 4.69) is 78.4 Å². The molecule has 1 aliphatic heterocycles. The van der Waals surface area contributed by atoms with Crippen LogP contribution >= 0.6 is 12.2 Å². The Balaban J connectivity index is 1.51. The zero-order valence-electron chi connectivity index (χ0n) is 15.4. The number of hydrogen-bond donors (Lipinski definition) is 1. The monoisotopic (exact) mass is 353 g/mol. The van der Waals surface area contributed by atoms with Crippen LogP contribution in [0, 0.1) is 20.8 Å². The van der Waals surface area contributed by atoms with Crippen LogP contribution in [0.5, 0.6) is 0 Å². The molecule has 132 valence electrons. The summed E-state index contributed by atoms with van der Waals surface area (Å²) in [6.45, 7) is 11.4. The van der Waals surface area contributed by atoms with Crippen LogP contribution in [0.1, 0.15) is 22.3 Å². The van der Waals surface area contributed by atoms with Gasteiger partial charge in [-0.1, -0.05) is 35.9 Å². The zero-order valence-corrected chi connectivity index (χ0v) is 16.2. The summed E-state index contributed by atoms with van der Waals surface area (Å²) in [6.07, 6.45) is 0. The molecule has 0 aliphatic carbocycles. The standard InChI is InChI=1S/C21H27N3S/c1-16-4-6-19(7-5-16)15-23-8-10-24(11-9-23)21(25)22-20-13-17(2)12-18(3)14-20/h4-7,12-14H,8-11,15H2,1-3H3,(H,22,25). The SMILES string of the molecule is Cc1ccc(CN2CCN(C(=S)Nc3cc(C)cc(C)c3)CC2)cc1. The molecule has 0 aromatic heterocycles. The minimum Gasteiger partial charge on any atom is -0.346 e. The van der Waals surface area contributed by atoms with Crippen molar-refractivity contribution >= 4 is 23.0 Å². The van der Waals surface area contributed by atoms with Crippen molar-refractivity contribution in [1.82, 2.24) is 9.80 Å². The van der Waals surface area contributed by atoms with Gasteiger partial charge in [-0.2, -0.15) is 0 Å². The first-order chi connectivity index (χ1) is 12.0. The molecular formula is C21H27N3S. The lowest BCUT2D eigenvalue weighted by Gasteiger charge is -2.36. The summed E-state index contributed by atoms with van der Waals surface area (Å²) in [5, 5.41) is 4.24. The van der Waals surface area contributed by atoms with Gasteiger partial charge in [-0.05, 0) is 61.8 Å². The van der Waals surface area contributed by atoms with Gasteiger partial charge in [0.2, 0.25) is 0 Å². The van der Waals surface area contributed by atoms with E-state index in [4.69, 9.17) is 12.2 Å². The molecule has 4 heteroatoms. The van der Waals surface area contributed by atoms with E-state index in [9.17, 15) is 0 Å². The minimum absolute atomic E-state index is 0.833. The summed E-state index contributed by atoms with van der Waals surface area (Å²) in [5.74, 6) is 0. The number of nitrogens with zero attached hydrogens (tertiary/aromatic N) is 2. The number of hydrogen-bond acceptors (Lipinski definition) is 2. The Morgan fingerprint density at radius 3 is 2.08 bits per heavy atom. The Kier molecular flexibility index (Phi) is 5.71. The molecule has 0 saturated carbocycles. The Bertz CT molecular complexity index is 711. The van der Waals surface area contributed by atoms with E-state index in [0.717, 1.165) is 43.5 Å². The summed E-state index contributed by atoms with van der Waals surface area (Å²) in [5.41, 5.74) is 6.30. The fourth-order valence-corrected chi connectivity index (χ4v) is 3.61. The topological polar surface area (TPSA) is 18.5 Å². The molecule has 0 bridgehead atoms. The molecule has 1 aliphatic rings. The summed E-state index contributed by atoms with van der Waals surface area (Å²) < 4.78 is 0. The first kappa shape index (κ1) is 17.9. The van der Waals surface area contributed by atoms with Gasteiger partial charge < -0.3 is 10.2 Å². The second kappa shape index (κ2) is 7.98. The lowest BCUT2D eigenvalue weighted by molar-refractivity contribution is 0.177. The van der Waals surface area contributed by atoms with Crippen molar-refractivity contribution in [2.75, 3.05) is 31.5 Å². The smallest absolute Gasteiger partial charge is 0.173 e. The van der Waals surface area contributed by atoms with Gasteiger partial charge in [0.25, 0.3) is 0 Å². The normalized spacial score (nSPS) is 15.2. The third-order valence-electron chi connectivity index (χ3n) is 4.66. The van der Waals surface area contributed by atoms with Crippen molar-refractivity contribution in [1.29, 1.82) is 0 Å². The number of thiocarbonyl (C=S) groups is 1. The van der Waals surface area contributed by atoms with Gasteiger partial charge >= 0.3 is 0 Å². The number of piperazine rings is 1. The van der Waals surface area contributed by atoms with E-state index in [-0.39, 0.29) is 0 Å². The average Bonchev–Trinajstić information content (AvgIpc) is 2.56. The molecule has 0 radical (unpaired) electrons.